The summed E-state index contributed by atoms with van der Waals surface area (Å²) in [6.45, 7) is 4.43. The molecule has 0 unspecified atom stereocenters. The third-order valence-corrected chi connectivity index (χ3v) is 7.57. The molecule has 4 N–H and O–H groups in total. The van der Waals surface area contributed by atoms with Gasteiger partial charge >= 0.3 is 10.2 Å². The average Bonchev–Trinajstić information content (AvgIpc) is 2.80. The second-order valence-corrected chi connectivity index (χ2v) is 11.2. The molecule has 0 spiro atoms. The van der Waals surface area contributed by atoms with Crippen molar-refractivity contribution in [3.8, 4) is 5.75 Å². The molecule has 0 atom stereocenters. The average molecular weight is 634 g/mol. The molecule has 0 aliphatic carbocycles. The highest BCUT2D eigenvalue weighted by atomic mass is 127. The summed E-state index contributed by atoms with van der Waals surface area (Å²) >= 11 is 1.90. The zero-order valence-corrected chi connectivity index (χ0v) is 22.8. The molecule has 0 saturated heterocycles. The third-order valence-electron chi connectivity index (χ3n) is 5.42. The van der Waals surface area contributed by atoms with E-state index in [9.17, 15) is 26.7 Å². The molecule has 0 aliphatic rings. The number of phenols is 1. The Morgan fingerprint density at radius 1 is 0.972 bits per heavy atom. The van der Waals surface area contributed by atoms with Crippen molar-refractivity contribution in [1.82, 2.24) is 9.62 Å². The van der Waals surface area contributed by atoms with E-state index in [2.05, 4.69) is 15.4 Å². The summed E-state index contributed by atoms with van der Waals surface area (Å²) in [5.74, 6) is -3.03. The summed E-state index contributed by atoms with van der Waals surface area (Å²) in [4.78, 5) is 0. The van der Waals surface area contributed by atoms with Crippen LogP contribution >= 0.6 is 22.6 Å². The van der Waals surface area contributed by atoms with Crippen molar-refractivity contribution >= 4 is 49.9 Å². The molecule has 0 amide bonds. The van der Waals surface area contributed by atoms with Crippen molar-refractivity contribution < 1.29 is 26.7 Å². The van der Waals surface area contributed by atoms with Gasteiger partial charge in [0.25, 0.3) is 0 Å². The van der Waals surface area contributed by atoms with Gasteiger partial charge in [-0.3, -0.25) is 4.72 Å². The molecule has 0 aromatic heterocycles. The topological polar surface area (TPSA) is 93.7 Å². The number of nitrogens with one attached hydrogen (secondary N) is 3. The number of aromatic hydroxyl groups is 1. The minimum atomic E-state index is -4.15. The van der Waals surface area contributed by atoms with E-state index in [1.165, 1.54) is 19.2 Å². The number of hydrogen-bond acceptors (Lipinski definition) is 5. The van der Waals surface area contributed by atoms with Crippen molar-refractivity contribution in [3.05, 3.63) is 80.2 Å². The fourth-order valence-corrected chi connectivity index (χ4v) is 4.83. The Labute approximate surface area is 222 Å². The Balaban J connectivity index is 1.68. The van der Waals surface area contributed by atoms with Crippen LogP contribution in [0, 0.1) is 34.9 Å². The molecule has 0 heterocycles. The fourth-order valence-electron chi connectivity index (χ4n) is 3.44. The highest BCUT2D eigenvalue weighted by Gasteiger charge is 2.22. The smallest absolute Gasteiger partial charge is 0.301 e. The Bertz CT molecular complexity index is 1350. The molecule has 3 aromatic rings. The van der Waals surface area contributed by atoms with Crippen LogP contribution < -0.4 is 15.4 Å². The second-order valence-electron chi connectivity index (χ2n) is 8.22. The van der Waals surface area contributed by atoms with Gasteiger partial charge < -0.3 is 15.7 Å². The molecule has 12 heteroatoms. The summed E-state index contributed by atoms with van der Waals surface area (Å²) in [7, 11) is -2.81. The number of anilines is 3. The van der Waals surface area contributed by atoms with Gasteiger partial charge in [0.15, 0.2) is 11.6 Å². The molecule has 0 bridgehead atoms. The molecule has 3 aromatic carbocycles. The van der Waals surface area contributed by atoms with Crippen molar-refractivity contribution in [2.45, 2.75) is 20.4 Å². The first-order chi connectivity index (χ1) is 16.9. The summed E-state index contributed by atoms with van der Waals surface area (Å²) in [6, 6.07) is 9.63. The normalized spacial score (nSPS) is 11.7. The fraction of sp³-hybridized carbons (Fsp3) is 0.250. The maximum absolute atomic E-state index is 14.6. The van der Waals surface area contributed by atoms with Gasteiger partial charge in [0.2, 0.25) is 0 Å². The van der Waals surface area contributed by atoms with Gasteiger partial charge in [-0.1, -0.05) is 12.1 Å². The van der Waals surface area contributed by atoms with Gasteiger partial charge in [-0.15, -0.1) is 0 Å². The zero-order valence-electron chi connectivity index (χ0n) is 19.8. The van der Waals surface area contributed by atoms with Crippen LogP contribution in [0.15, 0.2) is 42.5 Å². The van der Waals surface area contributed by atoms with E-state index in [1.807, 2.05) is 34.7 Å². The molecule has 0 fully saturated rings. The third kappa shape index (κ3) is 6.81. The molecule has 194 valence electrons. The Kier molecular flexibility index (Phi) is 9.08. The molecular weight excluding hydrogens is 608 g/mol. The number of aryl methyl sites for hydroxylation is 2. The van der Waals surface area contributed by atoms with E-state index in [-0.39, 0.29) is 23.7 Å². The van der Waals surface area contributed by atoms with Crippen LogP contribution in [-0.2, 0) is 16.8 Å². The molecule has 0 aliphatic heterocycles. The second kappa shape index (κ2) is 11.7. The van der Waals surface area contributed by atoms with Gasteiger partial charge in [-0.05, 0) is 83.5 Å². The van der Waals surface area contributed by atoms with E-state index >= 15 is 0 Å². The first-order valence-corrected chi connectivity index (χ1v) is 13.3. The first kappa shape index (κ1) is 28.0. The number of likely N-dealkylation sites (N-methyl/N-ethyl adjacent to an activating group) is 1. The number of hydrogen-bond donors (Lipinski definition) is 4. The van der Waals surface area contributed by atoms with Crippen molar-refractivity contribution in [2.75, 3.05) is 30.2 Å². The molecule has 36 heavy (non-hydrogen) atoms. The lowest BCUT2D eigenvalue weighted by atomic mass is 10.1. The Morgan fingerprint density at radius 3 is 2.25 bits per heavy atom. The van der Waals surface area contributed by atoms with Gasteiger partial charge in [0.1, 0.15) is 17.3 Å². The quantitative estimate of drug-likeness (QED) is 0.183. The number of nitrogens with zero attached hydrogens (tertiary/aromatic N) is 1. The van der Waals surface area contributed by atoms with Gasteiger partial charge in [0, 0.05) is 30.3 Å². The maximum atomic E-state index is 14.6. The first-order valence-electron chi connectivity index (χ1n) is 10.8. The molecule has 0 saturated carbocycles. The summed E-state index contributed by atoms with van der Waals surface area (Å²) in [5, 5.41) is 15.5. The predicted octanol–water partition coefficient (Wildman–Crippen LogP) is 5.15. The van der Waals surface area contributed by atoms with E-state index in [4.69, 9.17) is 0 Å². The number of rotatable bonds is 10. The van der Waals surface area contributed by atoms with E-state index in [0.717, 1.165) is 33.1 Å². The molecule has 0 radical (unpaired) electrons. The van der Waals surface area contributed by atoms with Gasteiger partial charge in [-0.2, -0.15) is 12.7 Å². The largest absolute Gasteiger partial charge is 0.507 e. The van der Waals surface area contributed by atoms with Crippen LogP contribution in [0.2, 0.25) is 0 Å². The number of benzene rings is 3. The molecule has 3 rings (SSSR count). The predicted molar refractivity (Wildman–Crippen MR) is 143 cm³/mol. The van der Waals surface area contributed by atoms with Gasteiger partial charge in [-0.25, -0.2) is 13.2 Å². The summed E-state index contributed by atoms with van der Waals surface area (Å²) in [6.07, 6.45) is 0. The van der Waals surface area contributed by atoms with Crippen LogP contribution in [-0.4, -0.2) is 38.0 Å². The highest BCUT2D eigenvalue weighted by molar-refractivity contribution is 14.1. The summed E-state index contributed by atoms with van der Waals surface area (Å²) in [5.41, 5.74) is 1.47. The van der Waals surface area contributed by atoms with Crippen LogP contribution in [0.25, 0.3) is 0 Å². The van der Waals surface area contributed by atoms with Crippen molar-refractivity contribution in [1.29, 1.82) is 0 Å². The van der Waals surface area contributed by atoms with Crippen LogP contribution in [0.4, 0.5) is 30.2 Å². The summed E-state index contributed by atoms with van der Waals surface area (Å²) < 4.78 is 72.3. The van der Waals surface area contributed by atoms with E-state index < -0.39 is 33.3 Å². The van der Waals surface area contributed by atoms with Gasteiger partial charge in [0.05, 0.1) is 11.4 Å². The minimum absolute atomic E-state index is 0.0730. The van der Waals surface area contributed by atoms with Crippen molar-refractivity contribution in [3.63, 3.8) is 0 Å². The van der Waals surface area contributed by atoms with Crippen LogP contribution in [0.5, 0.6) is 5.75 Å². The standard InChI is InChI=1S/C24H26F3IN4O3S/c1-14-10-16(11-15(2)24(14)33)13-29-8-9-32(3)36(34,35)31-21-7-5-18(25)22(27)23(21)30-20-6-4-17(28)12-19(20)26/h4-7,10-12,29-31,33H,8-9,13H2,1-3H3. The van der Waals surface area contributed by atoms with E-state index in [1.54, 1.807) is 19.9 Å². The Hall–Kier alpha value is -2.55. The molecular formula is C24H26F3IN4O3S. The maximum Gasteiger partial charge on any atom is 0.301 e. The monoisotopic (exact) mass is 634 g/mol. The van der Waals surface area contributed by atoms with Crippen molar-refractivity contribution in [2.24, 2.45) is 0 Å². The number of phenolic OH excluding ortho intramolecular Hbond substituents is 1. The lowest BCUT2D eigenvalue weighted by molar-refractivity contribution is 0.460. The lowest BCUT2D eigenvalue weighted by Crippen LogP contribution is -2.37. The van der Waals surface area contributed by atoms with Crippen LogP contribution in [0.3, 0.4) is 0 Å². The highest BCUT2D eigenvalue weighted by Crippen LogP contribution is 2.32. The zero-order chi connectivity index (χ0) is 26.6. The SMILES string of the molecule is Cc1cc(CNCCN(C)S(=O)(=O)Nc2ccc(F)c(F)c2Nc2ccc(I)cc2F)cc(C)c1O. The lowest BCUT2D eigenvalue weighted by Gasteiger charge is -2.21. The Morgan fingerprint density at radius 2 is 1.61 bits per heavy atom. The minimum Gasteiger partial charge on any atom is -0.507 e. The van der Waals surface area contributed by atoms with Crippen LogP contribution in [0.1, 0.15) is 16.7 Å². The number of halogens is 4. The van der Waals surface area contributed by atoms with E-state index in [0.29, 0.717) is 16.7 Å². The molecule has 7 nitrogen and oxygen atoms in total.